The van der Waals surface area contributed by atoms with Crippen LogP contribution in [0.4, 0.5) is 5.69 Å². The molecule has 2 heterocycles. The highest BCUT2D eigenvalue weighted by molar-refractivity contribution is 7.91. The van der Waals surface area contributed by atoms with Gasteiger partial charge in [-0.1, -0.05) is 37.3 Å². The molecular formula is C21H28N4O3S. The Morgan fingerprint density at radius 2 is 1.69 bits per heavy atom. The van der Waals surface area contributed by atoms with Crippen molar-refractivity contribution >= 4 is 21.5 Å². The molecule has 29 heavy (non-hydrogen) atoms. The molecule has 1 aliphatic heterocycles. The Kier molecular flexibility index (Phi) is 6.36. The number of hydrogen-bond donors (Lipinski definition) is 1. The van der Waals surface area contributed by atoms with Crippen LogP contribution in [0.25, 0.3) is 0 Å². The van der Waals surface area contributed by atoms with Crippen LogP contribution in [0.15, 0.2) is 54.9 Å². The number of aromatic nitrogens is 1. The number of rotatable bonds is 7. The summed E-state index contributed by atoms with van der Waals surface area (Å²) < 4.78 is 24.1. The summed E-state index contributed by atoms with van der Waals surface area (Å²) in [6, 6.07) is 12.0. The van der Waals surface area contributed by atoms with E-state index in [9.17, 15) is 13.2 Å². The Labute approximate surface area is 172 Å². The Morgan fingerprint density at radius 1 is 1.10 bits per heavy atom. The molecule has 2 N–H and O–H groups in total. The molecule has 1 aromatic heterocycles. The average molecular weight is 417 g/mol. The summed E-state index contributed by atoms with van der Waals surface area (Å²) >= 11 is 0. The lowest BCUT2D eigenvalue weighted by Gasteiger charge is -2.46. The van der Waals surface area contributed by atoms with Crippen molar-refractivity contribution in [2.24, 2.45) is 5.14 Å². The molecule has 0 amide bonds. The van der Waals surface area contributed by atoms with Crippen LogP contribution in [0.2, 0.25) is 0 Å². The zero-order chi connectivity index (χ0) is 21.1. The van der Waals surface area contributed by atoms with Crippen LogP contribution >= 0.6 is 0 Å². The molecule has 8 heteroatoms. The van der Waals surface area contributed by atoms with Crippen LogP contribution in [0.5, 0.6) is 0 Å². The van der Waals surface area contributed by atoms with E-state index < -0.39 is 26.6 Å². The zero-order valence-electron chi connectivity index (χ0n) is 16.9. The molecule has 2 unspecified atom stereocenters. The SMILES string of the molecule is CCC(N1CCN(c2ccncc2)CC1)C(C(C)=O)(c1ccccc1)S(N)(=O)=O. The molecule has 7 nitrogen and oxygen atoms in total. The fourth-order valence-corrected chi connectivity index (χ4v) is 6.08. The lowest BCUT2D eigenvalue weighted by Crippen LogP contribution is -2.63. The maximum Gasteiger partial charge on any atom is 0.227 e. The maximum atomic E-state index is 12.9. The number of nitrogens with two attached hydrogens (primary N) is 1. The Balaban J connectivity index is 1.96. The molecule has 0 bridgehead atoms. The second-order valence-corrected chi connectivity index (χ2v) is 9.09. The van der Waals surface area contributed by atoms with Gasteiger partial charge in [-0.25, -0.2) is 13.6 Å². The van der Waals surface area contributed by atoms with E-state index >= 15 is 0 Å². The minimum absolute atomic E-state index is 0.429. The van der Waals surface area contributed by atoms with Crippen molar-refractivity contribution in [2.75, 3.05) is 31.1 Å². The van der Waals surface area contributed by atoms with Gasteiger partial charge in [-0.05, 0) is 31.0 Å². The summed E-state index contributed by atoms with van der Waals surface area (Å²) in [4.78, 5) is 21.3. The molecule has 1 saturated heterocycles. The van der Waals surface area contributed by atoms with Crippen molar-refractivity contribution in [3.05, 3.63) is 60.4 Å². The summed E-state index contributed by atoms with van der Waals surface area (Å²) in [5.74, 6) is -0.449. The van der Waals surface area contributed by atoms with Gasteiger partial charge in [0, 0.05) is 50.3 Å². The molecule has 2 aromatic rings. The highest BCUT2D eigenvalue weighted by Crippen LogP contribution is 2.38. The number of anilines is 1. The Morgan fingerprint density at radius 3 is 2.17 bits per heavy atom. The molecule has 1 aliphatic rings. The van der Waals surface area contributed by atoms with Crippen molar-refractivity contribution in [1.29, 1.82) is 0 Å². The number of sulfonamides is 1. The molecular weight excluding hydrogens is 388 g/mol. The standard InChI is InChI=1S/C21H28N4O3S/c1-3-20(25-15-13-24(14-16-25)19-9-11-23-12-10-19)21(17(2)26,29(22,27)28)18-7-5-4-6-8-18/h4-12,20H,3,13-16H2,1-2H3,(H2,22,27,28). The number of nitrogens with zero attached hydrogens (tertiary/aromatic N) is 3. The first-order valence-corrected chi connectivity index (χ1v) is 11.3. The number of primary sulfonamides is 1. The lowest BCUT2D eigenvalue weighted by atomic mass is 9.84. The van der Waals surface area contributed by atoms with Crippen molar-refractivity contribution in [3.8, 4) is 0 Å². The van der Waals surface area contributed by atoms with Crippen LogP contribution in [-0.4, -0.2) is 56.3 Å². The summed E-state index contributed by atoms with van der Waals surface area (Å²) in [7, 11) is -4.22. The van der Waals surface area contributed by atoms with Crippen molar-refractivity contribution in [1.82, 2.24) is 9.88 Å². The number of benzene rings is 1. The van der Waals surface area contributed by atoms with E-state index in [0.717, 1.165) is 18.8 Å². The second-order valence-electron chi connectivity index (χ2n) is 7.36. The third-order valence-corrected chi connectivity index (χ3v) is 7.51. The van der Waals surface area contributed by atoms with Crippen LogP contribution in [0.3, 0.4) is 0 Å². The minimum atomic E-state index is -4.22. The average Bonchev–Trinajstić information content (AvgIpc) is 2.72. The van der Waals surface area contributed by atoms with Gasteiger partial charge in [-0.15, -0.1) is 0 Å². The molecule has 2 atom stereocenters. The predicted molar refractivity (Wildman–Crippen MR) is 114 cm³/mol. The fraction of sp³-hybridized carbons (Fsp3) is 0.429. The largest absolute Gasteiger partial charge is 0.369 e. The Hall–Kier alpha value is -2.29. The number of Topliss-reactive ketones (excluding diaryl/α,β-unsaturated/α-hetero) is 1. The van der Waals surface area contributed by atoms with E-state index in [4.69, 9.17) is 5.14 Å². The van der Waals surface area contributed by atoms with Gasteiger partial charge in [0.15, 0.2) is 10.5 Å². The van der Waals surface area contributed by atoms with Gasteiger partial charge in [0.1, 0.15) is 0 Å². The smallest absolute Gasteiger partial charge is 0.227 e. The Bertz CT molecular complexity index is 929. The highest BCUT2D eigenvalue weighted by Gasteiger charge is 2.55. The van der Waals surface area contributed by atoms with Gasteiger partial charge in [-0.3, -0.25) is 14.7 Å². The second kappa shape index (κ2) is 8.61. The van der Waals surface area contributed by atoms with Crippen LogP contribution in [0.1, 0.15) is 25.8 Å². The van der Waals surface area contributed by atoms with E-state index in [-0.39, 0.29) is 0 Å². The van der Waals surface area contributed by atoms with Gasteiger partial charge >= 0.3 is 0 Å². The van der Waals surface area contributed by atoms with E-state index in [1.54, 1.807) is 42.7 Å². The molecule has 0 aliphatic carbocycles. The summed E-state index contributed by atoms with van der Waals surface area (Å²) in [5.41, 5.74) is 1.51. The predicted octanol–water partition coefficient (Wildman–Crippen LogP) is 1.76. The third kappa shape index (κ3) is 3.92. The van der Waals surface area contributed by atoms with Gasteiger partial charge < -0.3 is 4.90 Å². The van der Waals surface area contributed by atoms with E-state index in [2.05, 4.69) is 14.8 Å². The summed E-state index contributed by atoms with van der Waals surface area (Å²) in [5, 5.41) is 5.76. The lowest BCUT2D eigenvalue weighted by molar-refractivity contribution is -0.121. The third-order valence-electron chi connectivity index (χ3n) is 5.81. The zero-order valence-corrected chi connectivity index (χ0v) is 17.7. The van der Waals surface area contributed by atoms with E-state index in [1.165, 1.54) is 6.92 Å². The number of piperazine rings is 1. The molecule has 0 spiro atoms. The molecule has 3 rings (SSSR count). The van der Waals surface area contributed by atoms with Crippen molar-refractivity contribution < 1.29 is 13.2 Å². The van der Waals surface area contributed by atoms with E-state index in [1.807, 2.05) is 19.1 Å². The van der Waals surface area contributed by atoms with Gasteiger partial charge in [0.2, 0.25) is 10.0 Å². The first-order valence-electron chi connectivity index (χ1n) is 9.80. The fourth-order valence-electron chi connectivity index (χ4n) is 4.52. The highest BCUT2D eigenvalue weighted by atomic mass is 32.2. The maximum absolute atomic E-state index is 12.9. The number of carbonyl (C=O) groups is 1. The minimum Gasteiger partial charge on any atom is -0.369 e. The monoisotopic (exact) mass is 416 g/mol. The number of ketones is 1. The quantitative estimate of drug-likeness (QED) is 0.739. The summed E-state index contributed by atoms with van der Waals surface area (Å²) in [6.07, 6.45) is 4.00. The van der Waals surface area contributed by atoms with Crippen LogP contribution in [-0.2, 0) is 19.6 Å². The van der Waals surface area contributed by atoms with Gasteiger partial charge in [0.25, 0.3) is 0 Å². The number of hydrogen-bond acceptors (Lipinski definition) is 6. The first-order chi connectivity index (χ1) is 13.8. The molecule has 0 radical (unpaired) electrons. The summed E-state index contributed by atoms with van der Waals surface area (Å²) in [6.45, 7) is 5.97. The van der Waals surface area contributed by atoms with Crippen molar-refractivity contribution in [3.63, 3.8) is 0 Å². The van der Waals surface area contributed by atoms with Gasteiger partial charge in [-0.2, -0.15) is 0 Å². The van der Waals surface area contributed by atoms with Crippen LogP contribution in [0, 0.1) is 0 Å². The topological polar surface area (TPSA) is 96.6 Å². The van der Waals surface area contributed by atoms with E-state index in [0.29, 0.717) is 25.1 Å². The molecule has 1 aromatic carbocycles. The van der Waals surface area contributed by atoms with Crippen molar-refractivity contribution in [2.45, 2.75) is 31.1 Å². The molecule has 0 saturated carbocycles. The molecule has 156 valence electrons. The van der Waals surface area contributed by atoms with Gasteiger partial charge in [0.05, 0.1) is 0 Å². The first kappa shape index (κ1) is 21.4. The molecule has 1 fully saturated rings. The normalized spacial score (nSPS) is 18.8. The number of pyridine rings is 1. The van der Waals surface area contributed by atoms with Crippen LogP contribution < -0.4 is 10.0 Å². The number of carbonyl (C=O) groups excluding carboxylic acids is 1.